The Morgan fingerprint density at radius 1 is 0.509 bits per heavy atom. The van der Waals surface area contributed by atoms with Crippen LogP contribution in [0, 0.1) is 0 Å². The Balaban J connectivity index is 1.33. The number of hydrogen-bond donors (Lipinski definition) is 0. The molecule has 0 N–H and O–H groups in total. The largest absolute Gasteiger partial charge is 0.308 e. The molecule has 0 saturated heterocycles. The average molecular weight is 813 g/mol. The van der Waals surface area contributed by atoms with Gasteiger partial charge in [0.05, 0.1) is 15.4 Å². The van der Waals surface area contributed by atoms with Crippen LogP contribution in [0.4, 0.5) is 17.1 Å². The van der Waals surface area contributed by atoms with Crippen molar-refractivity contribution < 1.29 is 0 Å². The fraction of sp³-hybridized carbons (Fsp3) is 0.0769. The molecule has 0 aliphatic rings. The van der Waals surface area contributed by atoms with Crippen LogP contribution in [0.3, 0.4) is 0 Å². The van der Waals surface area contributed by atoms with Crippen LogP contribution in [0.2, 0.25) is 10.0 Å². The van der Waals surface area contributed by atoms with Crippen LogP contribution in [0.25, 0.3) is 53.6 Å². The molecule has 0 bridgehead atoms. The Bertz CT molecular complexity index is 2860. The summed E-state index contributed by atoms with van der Waals surface area (Å²) in [7, 11) is 0. The maximum absolute atomic E-state index is 6.83. The number of hydrogen-bond acceptors (Lipinski definition) is 3. The first-order valence-corrected chi connectivity index (χ1v) is 21.4. The summed E-state index contributed by atoms with van der Waals surface area (Å²) in [6, 6.07) is 65.4. The Hall–Kier alpha value is -5.29. The van der Waals surface area contributed by atoms with Crippen LogP contribution in [0.1, 0.15) is 26.3 Å². The van der Waals surface area contributed by atoms with Crippen LogP contribution in [0.15, 0.2) is 192 Å². The molecule has 1 nitrogen and oxygen atoms in total. The molecule has 0 aliphatic heterocycles. The van der Waals surface area contributed by atoms with Crippen LogP contribution < -0.4 is 4.90 Å². The molecule has 0 fully saturated rings. The van der Waals surface area contributed by atoms with Crippen LogP contribution >= 0.6 is 46.3 Å². The fourth-order valence-corrected chi connectivity index (χ4v) is 10.2. The molecule has 9 aromatic rings. The smallest absolute Gasteiger partial charge is 0.0718 e. The van der Waals surface area contributed by atoms with Crippen molar-refractivity contribution in [3.8, 4) is 33.4 Å². The molecule has 0 spiro atoms. The van der Waals surface area contributed by atoms with E-state index in [2.05, 4.69) is 189 Å². The number of thiophene rings is 1. The molecule has 278 valence electrons. The molecule has 5 heteroatoms. The van der Waals surface area contributed by atoms with Gasteiger partial charge in [-0.3, -0.25) is 0 Å². The standard InChI is InChI=1S/C52H39Cl2NS2/c1-52(2,3)39-22-18-36(19-23-39)38-30-42(33-43(31-38)56-49-29-24-40(53)32-47(49)54)55(41-25-20-35(21-26-41)34-12-6-4-7-13-34)50-44(37-14-8-5-9-15-37)27-28-46-45-16-10-11-17-48(45)57-51(46)50/h4-33H,1-3H3. The van der Waals surface area contributed by atoms with Crippen molar-refractivity contribution in [2.75, 3.05) is 4.90 Å². The summed E-state index contributed by atoms with van der Waals surface area (Å²) in [4.78, 5) is 4.49. The quantitative estimate of drug-likeness (QED) is 0.150. The summed E-state index contributed by atoms with van der Waals surface area (Å²) < 4.78 is 2.50. The van der Waals surface area contributed by atoms with Gasteiger partial charge in [-0.1, -0.05) is 183 Å². The van der Waals surface area contributed by atoms with Crippen molar-refractivity contribution in [3.63, 3.8) is 0 Å². The first-order chi connectivity index (χ1) is 27.7. The summed E-state index contributed by atoms with van der Waals surface area (Å²) >= 11 is 16.7. The maximum atomic E-state index is 6.83. The van der Waals surface area contributed by atoms with Crippen LogP contribution in [0.5, 0.6) is 0 Å². The first kappa shape index (κ1) is 37.3. The molecule has 0 saturated carbocycles. The minimum atomic E-state index is 0.0478. The molecular weight excluding hydrogens is 774 g/mol. The minimum absolute atomic E-state index is 0.0478. The molecule has 9 rings (SSSR count). The summed E-state index contributed by atoms with van der Waals surface area (Å²) in [5.74, 6) is 0. The second kappa shape index (κ2) is 15.6. The predicted octanol–water partition coefficient (Wildman–Crippen LogP) is 17.3. The highest BCUT2D eigenvalue weighted by atomic mass is 35.5. The van der Waals surface area contributed by atoms with Crippen LogP contribution in [-0.2, 0) is 5.41 Å². The van der Waals surface area contributed by atoms with Crippen molar-refractivity contribution in [2.24, 2.45) is 0 Å². The minimum Gasteiger partial charge on any atom is -0.308 e. The van der Waals surface area contributed by atoms with E-state index >= 15 is 0 Å². The molecule has 0 aliphatic carbocycles. The van der Waals surface area contributed by atoms with E-state index in [1.54, 1.807) is 11.8 Å². The zero-order valence-electron chi connectivity index (χ0n) is 31.8. The van der Waals surface area contributed by atoms with Gasteiger partial charge in [-0.2, -0.15) is 0 Å². The van der Waals surface area contributed by atoms with Crippen molar-refractivity contribution in [1.29, 1.82) is 0 Å². The van der Waals surface area contributed by atoms with Gasteiger partial charge in [0.15, 0.2) is 0 Å². The lowest BCUT2D eigenvalue weighted by Crippen LogP contribution is -2.12. The van der Waals surface area contributed by atoms with Gasteiger partial charge in [-0.25, -0.2) is 0 Å². The summed E-state index contributed by atoms with van der Waals surface area (Å²) in [5, 5.41) is 3.75. The Labute approximate surface area is 353 Å². The van der Waals surface area contributed by atoms with Crippen LogP contribution in [-0.4, -0.2) is 0 Å². The van der Waals surface area contributed by atoms with E-state index in [9.17, 15) is 0 Å². The highest BCUT2D eigenvalue weighted by molar-refractivity contribution is 7.99. The van der Waals surface area contributed by atoms with Gasteiger partial charge in [0.1, 0.15) is 0 Å². The van der Waals surface area contributed by atoms with Gasteiger partial charge in [-0.05, 0) is 93.4 Å². The van der Waals surface area contributed by atoms with E-state index in [4.69, 9.17) is 23.2 Å². The summed E-state index contributed by atoms with van der Waals surface area (Å²) in [6.45, 7) is 6.77. The van der Waals surface area contributed by atoms with Crippen molar-refractivity contribution in [3.05, 3.63) is 198 Å². The number of nitrogens with zero attached hydrogens (tertiary/aromatic N) is 1. The molecule has 1 aromatic heterocycles. The van der Waals surface area contributed by atoms with E-state index in [0.717, 1.165) is 49.1 Å². The Morgan fingerprint density at radius 2 is 1.14 bits per heavy atom. The topological polar surface area (TPSA) is 3.24 Å². The number of halogens is 2. The predicted molar refractivity (Wildman–Crippen MR) is 250 cm³/mol. The number of benzene rings is 8. The third-order valence-corrected chi connectivity index (χ3v) is 13.3. The molecule has 1 heterocycles. The van der Waals surface area contributed by atoms with Crippen molar-refractivity contribution >= 4 is 83.5 Å². The second-order valence-electron chi connectivity index (χ2n) is 15.3. The SMILES string of the molecule is CC(C)(C)c1ccc(-c2cc(Sc3ccc(Cl)cc3Cl)cc(N(c3ccc(-c4ccccc4)cc3)c3c(-c4ccccc4)ccc4c3sc3ccccc34)c2)cc1. The molecule has 0 radical (unpaired) electrons. The van der Waals surface area contributed by atoms with E-state index in [-0.39, 0.29) is 5.41 Å². The lowest BCUT2D eigenvalue weighted by atomic mass is 9.86. The van der Waals surface area contributed by atoms with Crippen molar-refractivity contribution in [2.45, 2.75) is 36.0 Å². The third-order valence-electron chi connectivity index (χ3n) is 10.4. The van der Waals surface area contributed by atoms with E-state index < -0.39 is 0 Å². The van der Waals surface area contributed by atoms with Gasteiger partial charge < -0.3 is 4.90 Å². The van der Waals surface area contributed by atoms with E-state index in [1.165, 1.54) is 36.9 Å². The molecular formula is C52H39Cl2NS2. The molecule has 0 atom stereocenters. The highest BCUT2D eigenvalue weighted by Crippen LogP contribution is 2.51. The molecule has 0 amide bonds. The summed E-state index contributed by atoms with van der Waals surface area (Å²) in [5.41, 5.74) is 11.6. The lowest BCUT2D eigenvalue weighted by molar-refractivity contribution is 0.590. The lowest BCUT2D eigenvalue weighted by Gasteiger charge is -2.30. The Kier molecular flexibility index (Phi) is 10.2. The van der Waals surface area contributed by atoms with Gasteiger partial charge in [-0.15, -0.1) is 11.3 Å². The zero-order valence-corrected chi connectivity index (χ0v) is 35.0. The Morgan fingerprint density at radius 3 is 1.84 bits per heavy atom. The molecule has 0 unspecified atom stereocenters. The van der Waals surface area contributed by atoms with Crippen molar-refractivity contribution in [1.82, 2.24) is 0 Å². The molecule has 8 aromatic carbocycles. The van der Waals surface area contributed by atoms with Gasteiger partial charge in [0.25, 0.3) is 0 Å². The molecule has 57 heavy (non-hydrogen) atoms. The maximum Gasteiger partial charge on any atom is 0.0718 e. The monoisotopic (exact) mass is 811 g/mol. The van der Waals surface area contributed by atoms with Gasteiger partial charge >= 0.3 is 0 Å². The number of rotatable bonds is 8. The van der Waals surface area contributed by atoms with Gasteiger partial charge in [0, 0.05) is 47.2 Å². The second-order valence-corrected chi connectivity index (χ2v) is 18.3. The average Bonchev–Trinajstić information content (AvgIpc) is 3.62. The highest BCUT2D eigenvalue weighted by Gasteiger charge is 2.24. The van der Waals surface area contributed by atoms with Gasteiger partial charge in [0.2, 0.25) is 0 Å². The number of anilines is 3. The third kappa shape index (κ3) is 7.61. The fourth-order valence-electron chi connectivity index (χ4n) is 7.47. The first-order valence-electron chi connectivity index (χ1n) is 19.0. The zero-order chi connectivity index (χ0) is 39.1. The van der Waals surface area contributed by atoms with E-state index in [1.807, 2.05) is 29.5 Å². The number of fused-ring (bicyclic) bond motifs is 3. The van der Waals surface area contributed by atoms with E-state index in [0.29, 0.717) is 10.0 Å². The normalized spacial score (nSPS) is 11.7. The summed E-state index contributed by atoms with van der Waals surface area (Å²) in [6.07, 6.45) is 0.